The number of nitrogens with one attached hydrogen (secondary N) is 1. The second-order valence-corrected chi connectivity index (χ2v) is 7.96. The number of carbonyl (C=O) groups is 2. The summed E-state index contributed by atoms with van der Waals surface area (Å²) in [4.78, 5) is 26.2. The fourth-order valence-electron chi connectivity index (χ4n) is 3.46. The van der Waals surface area contributed by atoms with Crippen LogP contribution >= 0.6 is 27.5 Å². The molecule has 10 heteroatoms. The van der Waals surface area contributed by atoms with Gasteiger partial charge in [-0.05, 0) is 34.0 Å². The Morgan fingerprint density at radius 2 is 2.10 bits per heavy atom. The van der Waals surface area contributed by atoms with E-state index >= 15 is 0 Å². The molecule has 3 rings (SSSR count). The molecule has 0 bridgehead atoms. The maximum absolute atomic E-state index is 13.1. The van der Waals surface area contributed by atoms with Crippen LogP contribution in [0.5, 0.6) is 0 Å². The second-order valence-electron chi connectivity index (χ2n) is 6.72. The Morgan fingerprint density at radius 1 is 1.38 bits per heavy atom. The van der Waals surface area contributed by atoms with Gasteiger partial charge in [0.05, 0.1) is 23.7 Å². The number of rotatable bonds is 6. The van der Waals surface area contributed by atoms with Crippen LogP contribution in [0.15, 0.2) is 40.9 Å². The van der Waals surface area contributed by atoms with Gasteiger partial charge in [0.25, 0.3) is 5.91 Å². The van der Waals surface area contributed by atoms with Crippen molar-refractivity contribution in [2.24, 2.45) is 0 Å². The number of carbonyl (C=O) groups excluding carboxylic acids is 1. The predicted octanol–water partition coefficient (Wildman–Crippen LogP) is 3.95. The Hall–Kier alpha value is -2.23. The first kappa shape index (κ1) is 21.5. The third-order valence-corrected chi connectivity index (χ3v) is 5.77. The summed E-state index contributed by atoms with van der Waals surface area (Å²) in [7, 11) is 0. The minimum atomic E-state index is -1.27. The van der Waals surface area contributed by atoms with Gasteiger partial charge in [-0.25, -0.2) is 4.79 Å². The highest BCUT2D eigenvalue weighted by Crippen LogP contribution is 2.36. The normalized spacial score (nSPS) is 21.2. The molecule has 1 aliphatic rings. The van der Waals surface area contributed by atoms with Gasteiger partial charge in [0, 0.05) is 6.42 Å². The third-order valence-electron chi connectivity index (χ3n) is 4.98. The van der Waals surface area contributed by atoms with Gasteiger partial charge in [-0.2, -0.15) is 0 Å². The lowest BCUT2D eigenvalue weighted by atomic mass is 9.91. The standard InChI is InChI=1S/C19H20BrClN4O4/c1-2-19(17(26)22-16-14(20)8-15(21)23-24-16)9-13(10-25(19)18(27)28)29-11-12-6-4-3-5-7-12/h3-8,13H,2,9-11H2,1H3,(H,27,28)(H,22,24,26)/t13-,19+/m1/s1. The number of carboxylic acid groups (broad SMARTS) is 1. The zero-order chi connectivity index (χ0) is 21.0. The van der Waals surface area contributed by atoms with Crippen LogP contribution in [0.3, 0.4) is 0 Å². The fraction of sp³-hybridized carbons (Fsp3) is 0.368. The maximum Gasteiger partial charge on any atom is 0.408 e. The number of ether oxygens (including phenoxy) is 1. The number of benzene rings is 1. The molecule has 2 atom stereocenters. The van der Waals surface area contributed by atoms with Crippen molar-refractivity contribution in [1.29, 1.82) is 0 Å². The summed E-state index contributed by atoms with van der Waals surface area (Å²) < 4.78 is 6.38. The topological polar surface area (TPSA) is 105 Å². The Labute approximate surface area is 181 Å². The quantitative estimate of drug-likeness (QED) is 0.645. The third kappa shape index (κ3) is 4.68. The number of hydrogen-bond acceptors (Lipinski definition) is 5. The van der Waals surface area contributed by atoms with E-state index in [1.54, 1.807) is 6.92 Å². The van der Waals surface area contributed by atoms with E-state index in [1.807, 2.05) is 30.3 Å². The van der Waals surface area contributed by atoms with Crippen molar-refractivity contribution in [1.82, 2.24) is 15.1 Å². The first-order valence-corrected chi connectivity index (χ1v) is 10.2. The molecule has 1 aromatic heterocycles. The molecule has 1 fully saturated rings. The van der Waals surface area contributed by atoms with Crippen molar-refractivity contribution in [2.75, 3.05) is 11.9 Å². The molecule has 2 N–H and O–H groups in total. The molecule has 2 amide bonds. The average Bonchev–Trinajstić information content (AvgIpc) is 3.10. The van der Waals surface area contributed by atoms with Gasteiger partial charge >= 0.3 is 6.09 Å². The minimum absolute atomic E-state index is 0.108. The summed E-state index contributed by atoms with van der Waals surface area (Å²) in [5, 5.41) is 20.1. The van der Waals surface area contributed by atoms with Crippen LogP contribution in [0.4, 0.5) is 10.6 Å². The molecule has 0 saturated carbocycles. The molecular formula is C19H20BrClN4O4. The summed E-state index contributed by atoms with van der Waals surface area (Å²) in [5.74, 6) is -0.309. The van der Waals surface area contributed by atoms with Gasteiger partial charge in [-0.1, -0.05) is 48.9 Å². The number of hydrogen-bond donors (Lipinski definition) is 2. The SMILES string of the molecule is CC[C@@]1(C(=O)Nc2nnc(Cl)cc2Br)C[C@@H](OCc2ccccc2)CN1C(=O)O. The van der Waals surface area contributed by atoms with Crippen LogP contribution < -0.4 is 5.32 Å². The molecular weight excluding hydrogens is 464 g/mol. The molecule has 29 heavy (non-hydrogen) atoms. The van der Waals surface area contributed by atoms with Crippen LogP contribution in [0, 0.1) is 0 Å². The van der Waals surface area contributed by atoms with Gasteiger partial charge in [0.15, 0.2) is 11.0 Å². The van der Waals surface area contributed by atoms with E-state index in [2.05, 4.69) is 31.4 Å². The predicted molar refractivity (Wildman–Crippen MR) is 111 cm³/mol. The largest absolute Gasteiger partial charge is 0.465 e. The highest BCUT2D eigenvalue weighted by atomic mass is 79.9. The lowest BCUT2D eigenvalue weighted by Crippen LogP contribution is -2.54. The molecule has 8 nitrogen and oxygen atoms in total. The molecule has 2 aromatic rings. The van der Waals surface area contributed by atoms with Gasteiger partial charge in [-0.3, -0.25) is 9.69 Å². The van der Waals surface area contributed by atoms with Crippen LogP contribution in [0.2, 0.25) is 5.15 Å². The maximum atomic E-state index is 13.1. The van der Waals surface area contributed by atoms with E-state index in [1.165, 1.54) is 6.07 Å². The van der Waals surface area contributed by atoms with E-state index in [9.17, 15) is 14.7 Å². The monoisotopic (exact) mass is 482 g/mol. The molecule has 0 aliphatic carbocycles. The van der Waals surface area contributed by atoms with Crippen molar-refractivity contribution in [3.63, 3.8) is 0 Å². The van der Waals surface area contributed by atoms with E-state index in [0.29, 0.717) is 11.1 Å². The van der Waals surface area contributed by atoms with E-state index < -0.39 is 23.6 Å². The number of halogens is 2. The second kappa shape index (κ2) is 9.06. The Morgan fingerprint density at radius 3 is 2.72 bits per heavy atom. The van der Waals surface area contributed by atoms with Crippen molar-refractivity contribution in [3.8, 4) is 0 Å². The summed E-state index contributed by atoms with van der Waals surface area (Å²) >= 11 is 9.06. The van der Waals surface area contributed by atoms with Crippen LogP contribution in [-0.4, -0.2) is 50.4 Å². The average molecular weight is 484 g/mol. The molecule has 2 heterocycles. The highest BCUT2D eigenvalue weighted by molar-refractivity contribution is 9.10. The summed E-state index contributed by atoms with van der Waals surface area (Å²) in [6.45, 7) is 2.23. The lowest BCUT2D eigenvalue weighted by Gasteiger charge is -2.33. The zero-order valence-electron chi connectivity index (χ0n) is 15.6. The van der Waals surface area contributed by atoms with E-state index in [-0.39, 0.29) is 30.4 Å². The minimum Gasteiger partial charge on any atom is -0.465 e. The fourth-order valence-corrected chi connectivity index (χ4v) is 4.13. The van der Waals surface area contributed by atoms with Crippen molar-refractivity contribution in [3.05, 3.63) is 51.6 Å². The van der Waals surface area contributed by atoms with Crippen LogP contribution in [-0.2, 0) is 16.1 Å². The van der Waals surface area contributed by atoms with Crippen LogP contribution in [0.25, 0.3) is 0 Å². The molecule has 1 aromatic carbocycles. The summed E-state index contributed by atoms with van der Waals surface area (Å²) in [5.41, 5.74) is -0.290. The smallest absolute Gasteiger partial charge is 0.408 e. The van der Waals surface area contributed by atoms with Gasteiger partial charge in [0.1, 0.15) is 5.54 Å². The molecule has 154 valence electrons. The number of anilines is 1. The first-order chi connectivity index (χ1) is 13.9. The van der Waals surface area contributed by atoms with Gasteiger partial charge in [0.2, 0.25) is 0 Å². The van der Waals surface area contributed by atoms with Gasteiger partial charge in [-0.15, -0.1) is 10.2 Å². The molecule has 1 aliphatic heterocycles. The van der Waals surface area contributed by atoms with E-state index in [0.717, 1.165) is 10.5 Å². The molecule has 0 radical (unpaired) electrons. The van der Waals surface area contributed by atoms with Crippen LogP contribution in [0.1, 0.15) is 25.3 Å². The summed E-state index contributed by atoms with van der Waals surface area (Å²) in [6.07, 6.45) is -1.05. The summed E-state index contributed by atoms with van der Waals surface area (Å²) in [6, 6.07) is 11.1. The zero-order valence-corrected chi connectivity index (χ0v) is 18.0. The highest BCUT2D eigenvalue weighted by Gasteiger charge is 2.53. The van der Waals surface area contributed by atoms with Crippen molar-refractivity contribution in [2.45, 2.75) is 38.0 Å². The first-order valence-electron chi connectivity index (χ1n) is 9.02. The number of nitrogens with zero attached hydrogens (tertiary/aromatic N) is 3. The van der Waals surface area contributed by atoms with Gasteiger partial charge < -0.3 is 15.2 Å². The Bertz CT molecular complexity index is 901. The molecule has 1 saturated heterocycles. The van der Waals surface area contributed by atoms with E-state index in [4.69, 9.17) is 16.3 Å². The number of amides is 2. The van der Waals surface area contributed by atoms with Crippen molar-refractivity contribution >= 4 is 45.3 Å². The Kier molecular flexibility index (Phi) is 6.71. The molecule has 0 spiro atoms. The Balaban J connectivity index is 1.78. The molecule has 0 unspecified atom stereocenters. The number of likely N-dealkylation sites (tertiary alicyclic amines) is 1. The van der Waals surface area contributed by atoms with Crippen molar-refractivity contribution < 1.29 is 19.4 Å². The number of aromatic nitrogens is 2. The lowest BCUT2D eigenvalue weighted by molar-refractivity contribution is -0.126.